The van der Waals surface area contributed by atoms with Crippen molar-refractivity contribution in [3.05, 3.63) is 21.5 Å². The number of aromatic nitrogens is 1. The lowest BCUT2D eigenvalue weighted by Gasteiger charge is -2.32. The molecule has 19 heavy (non-hydrogen) atoms. The van der Waals surface area contributed by atoms with Crippen molar-refractivity contribution in [1.82, 2.24) is 4.98 Å². The first-order valence-electron chi connectivity index (χ1n) is 6.81. The first-order chi connectivity index (χ1) is 8.80. The molecule has 0 N–H and O–H groups in total. The molecule has 1 aliphatic heterocycles. The van der Waals surface area contributed by atoms with E-state index in [1.807, 2.05) is 6.20 Å². The Morgan fingerprint density at radius 3 is 2.26 bits per heavy atom. The third-order valence-electron chi connectivity index (χ3n) is 4.38. The van der Waals surface area contributed by atoms with E-state index in [1.165, 1.54) is 22.1 Å². The van der Waals surface area contributed by atoms with E-state index in [9.17, 15) is 0 Å². The van der Waals surface area contributed by atoms with Gasteiger partial charge in [0.2, 0.25) is 0 Å². The van der Waals surface area contributed by atoms with Crippen LogP contribution in [0.1, 0.15) is 52.1 Å². The van der Waals surface area contributed by atoms with Crippen molar-refractivity contribution in [3.63, 3.8) is 0 Å². The van der Waals surface area contributed by atoms with Crippen molar-refractivity contribution in [1.29, 1.82) is 0 Å². The van der Waals surface area contributed by atoms with E-state index in [1.54, 1.807) is 0 Å². The molecule has 0 atom stereocenters. The van der Waals surface area contributed by atoms with E-state index in [0.29, 0.717) is 5.92 Å². The van der Waals surface area contributed by atoms with Crippen molar-refractivity contribution < 1.29 is 9.31 Å². The van der Waals surface area contributed by atoms with Crippen LogP contribution in [0.25, 0.3) is 0 Å². The lowest BCUT2D eigenvalue weighted by Crippen LogP contribution is -2.41. The summed E-state index contributed by atoms with van der Waals surface area (Å²) in [5.41, 5.74) is 1.67. The van der Waals surface area contributed by atoms with Crippen LogP contribution >= 0.6 is 22.6 Å². The zero-order valence-corrected chi connectivity index (χ0v) is 14.0. The van der Waals surface area contributed by atoms with E-state index in [0.717, 1.165) is 5.46 Å². The van der Waals surface area contributed by atoms with Gasteiger partial charge in [-0.15, -0.1) is 0 Å². The predicted octanol–water partition coefficient (Wildman–Crippen LogP) is 2.86. The highest BCUT2D eigenvalue weighted by Gasteiger charge is 2.51. The second-order valence-electron chi connectivity index (χ2n) is 6.50. The van der Waals surface area contributed by atoms with Crippen LogP contribution in [-0.4, -0.2) is 23.3 Å². The zero-order valence-electron chi connectivity index (χ0n) is 11.9. The summed E-state index contributed by atoms with van der Waals surface area (Å²) in [5, 5.41) is 0. The minimum atomic E-state index is -0.306. The second kappa shape index (κ2) is 4.43. The maximum atomic E-state index is 6.06. The number of pyridine rings is 1. The molecule has 1 aromatic heterocycles. The molecule has 5 heteroatoms. The first-order valence-corrected chi connectivity index (χ1v) is 7.89. The average molecular weight is 371 g/mol. The average Bonchev–Trinajstić information content (AvgIpc) is 3.07. The largest absolute Gasteiger partial charge is 0.496 e. The van der Waals surface area contributed by atoms with Crippen molar-refractivity contribution in [2.45, 2.75) is 57.7 Å². The number of hydrogen-bond acceptors (Lipinski definition) is 3. The van der Waals surface area contributed by atoms with Crippen LogP contribution in [0.15, 0.2) is 12.3 Å². The standard InChI is InChI=1S/C14H19BINO2/c1-13(2)14(3,4)19-15(18-13)10-7-11(16)12(17-8-10)9-5-6-9/h7-9H,5-6H2,1-4H3. The van der Waals surface area contributed by atoms with E-state index in [4.69, 9.17) is 9.31 Å². The highest BCUT2D eigenvalue weighted by Crippen LogP contribution is 2.41. The van der Waals surface area contributed by atoms with Crippen LogP contribution in [0.5, 0.6) is 0 Å². The Hall–Kier alpha value is -0.135. The van der Waals surface area contributed by atoms with Crippen molar-refractivity contribution in [3.8, 4) is 0 Å². The molecule has 0 spiro atoms. The molecule has 0 radical (unpaired) electrons. The number of halogens is 1. The summed E-state index contributed by atoms with van der Waals surface area (Å²) in [6, 6.07) is 2.16. The Morgan fingerprint density at radius 1 is 1.21 bits per heavy atom. The van der Waals surface area contributed by atoms with Gasteiger partial charge in [0.15, 0.2) is 0 Å². The van der Waals surface area contributed by atoms with Gasteiger partial charge in [0, 0.05) is 21.1 Å². The molecular weight excluding hydrogens is 352 g/mol. The maximum absolute atomic E-state index is 6.06. The molecule has 2 aliphatic rings. The molecular formula is C14H19BINO2. The van der Waals surface area contributed by atoms with Crippen LogP contribution in [0.4, 0.5) is 0 Å². The van der Waals surface area contributed by atoms with E-state index in [-0.39, 0.29) is 18.3 Å². The summed E-state index contributed by atoms with van der Waals surface area (Å²) in [4.78, 5) is 4.61. The summed E-state index contributed by atoms with van der Waals surface area (Å²) in [6.07, 6.45) is 4.47. The molecule has 3 nitrogen and oxygen atoms in total. The molecule has 2 heterocycles. The quantitative estimate of drug-likeness (QED) is 0.592. The zero-order chi connectivity index (χ0) is 13.8. The first kappa shape index (κ1) is 13.8. The Kier molecular flexibility index (Phi) is 3.23. The Bertz CT molecular complexity index is 498. The summed E-state index contributed by atoms with van der Waals surface area (Å²) < 4.78 is 13.3. The van der Waals surface area contributed by atoms with Crippen LogP contribution in [0.2, 0.25) is 0 Å². The van der Waals surface area contributed by atoms with Gasteiger partial charge in [-0.05, 0) is 69.2 Å². The summed E-state index contributed by atoms with van der Waals surface area (Å²) in [5.74, 6) is 0.680. The minimum Gasteiger partial charge on any atom is -0.399 e. The molecule has 0 unspecified atom stereocenters. The monoisotopic (exact) mass is 371 g/mol. The second-order valence-corrected chi connectivity index (χ2v) is 7.66. The highest BCUT2D eigenvalue weighted by molar-refractivity contribution is 14.1. The lowest BCUT2D eigenvalue weighted by atomic mass is 9.80. The van der Waals surface area contributed by atoms with Gasteiger partial charge in [-0.2, -0.15) is 0 Å². The smallest absolute Gasteiger partial charge is 0.399 e. The molecule has 102 valence electrons. The maximum Gasteiger partial charge on any atom is 0.496 e. The summed E-state index contributed by atoms with van der Waals surface area (Å²) in [7, 11) is -0.306. The normalized spacial score (nSPS) is 24.8. The third kappa shape index (κ3) is 2.45. The molecule has 1 saturated heterocycles. The molecule has 1 saturated carbocycles. The van der Waals surface area contributed by atoms with E-state index < -0.39 is 0 Å². The summed E-state index contributed by atoms with van der Waals surface area (Å²) >= 11 is 2.37. The number of hydrogen-bond donors (Lipinski definition) is 0. The third-order valence-corrected chi connectivity index (χ3v) is 5.24. The van der Waals surface area contributed by atoms with Crippen LogP contribution in [0, 0.1) is 3.57 Å². The molecule has 2 fully saturated rings. The van der Waals surface area contributed by atoms with Gasteiger partial charge in [-0.3, -0.25) is 4.98 Å². The summed E-state index contributed by atoms with van der Waals surface area (Å²) in [6.45, 7) is 8.29. The lowest BCUT2D eigenvalue weighted by molar-refractivity contribution is 0.00578. The topological polar surface area (TPSA) is 31.4 Å². The van der Waals surface area contributed by atoms with Crippen LogP contribution < -0.4 is 5.46 Å². The van der Waals surface area contributed by atoms with Crippen molar-refractivity contribution in [2.75, 3.05) is 0 Å². The SMILES string of the molecule is CC1(C)OB(c2cnc(C3CC3)c(I)c2)OC1(C)C. The van der Waals surface area contributed by atoms with Gasteiger partial charge in [-0.1, -0.05) is 0 Å². The van der Waals surface area contributed by atoms with Gasteiger partial charge >= 0.3 is 7.12 Å². The molecule has 3 rings (SSSR count). The van der Waals surface area contributed by atoms with Crippen LogP contribution in [-0.2, 0) is 9.31 Å². The fourth-order valence-electron chi connectivity index (χ4n) is 2.23. The predicted molar refractivity (Wildman–Crippen MR) is 84.6 cm³/mol. The molecule has 0 bridgehead atoms. The van der Waals surface area contributed by atoms with Gasteiger partial charge in [0.1, 0.15) is 0 Å². The Labute approximate surface area is 128 Å². The van der Waals surface area contributed by atoms with Gasteiger partial charge in [0.25, 0.3) is 0 Å². The number of rotatable bonds is 2. The van der Waals surface area contributed by atoms with Gasteiger partial charge in [-0.25, -0.2) is 0 Å². The van der Waals surface area contributed by atoms with Crippen molar-refractivity contribution >= 4 is 35.2 Å². The van der Waals surface area contributed by atoms with Crippen LogP contribution in [0.3, 0.4) is 0 Å². The Balaban J connectivity index is 1.86. The molecule has 0 amide bonds. The minimum absolute atomic E-state index is 0.293. The van der Waals surface area contributed by atoms with Gasteiger partial charge in [0.05, 0.1) is 16.9 Å². The van der Waals surface area contributed by atoms with Crippen molar-refractivity contribution in [2.24, 2.45) is 0 Å². The number of nitrogens with zero attached hydrogens (tertiary/aromatic N) is 1. The van der Waals surface area contributed by atoms with E-state index >= 15 is 0 Å². The van der Waals surface area contributed by atoms with E-state index in [2.05, 4.69) is 61.3 Å². The highest BCUT2D eigenvalue weighted by atomic mass is 127. The molecule has 1 aromatic rings. The molecule has 1 aliphatic carbocycles. The Morgan fingerprint density at radius 2 is 1.79 bits per heavy atom. The fourth-order valence-corrected chi connectivity index (χ4v) is 3.17. The fraction of sp³-hybridized carbons (Fsp3) is 0.643. The molecule has 0 aromatic carbocycles. The van der Waals surface area contributed by atoms with Gasteiger partial charge < -0.3 is 9.31 Å².